The lowest BCUT2D eigenvalue weighted by Gasteiger charge is -2.12. The quantitative estimate of drug-likeness (QED) is 0.775. The van der Waals surface area contributed by atoms with Crippen LogP contribution in [-0.4, -0.2) is 45.1 Å². The van der Waals surface area contributed by atoms with Crippen LogP contribution in [0.1, 0.15) is 6.42 Å². The molecule has 0 spiro atoms. The highest BCUT2D eigenvalue weighted by Crippen LogP contribution is 2.17. The first-order valence-electron chi connectivity index (χ1n) is 4.78. The predicted molar refractivity (Wildman–Crippen MR) is 51.8 cm³/mol. The standard InChI is InChI=1S/C9H13N3O3/c1-11-5-8(4-10-11)15-7-2-3-12(6-7)9(13)14/h4-5,7H,2-3,6H2,1H3,(H,13,14). The van der Waals surface area contributed by atoms with E-state index in [0.29, 0.717) is 18.8 Å². The summed E-state index contributed by atoms with van der Waals surface area (Å²) < 4.78 is 7.24. The van der Waals surface area contributed by atoms with Gasteiger partial charge < -0.3 is 14.7 Å². The van der Waals surface area contributed by atoms with E-state index in [0.717, 1.165) is 6.42 Å². The van der Waals surface area contributed by atoms with Gasteiger partial charge in [0.05, 0.1) is 18.9 Å². The number of nitrogens with zero attached hydrogens (tertiary/aromatic N) is 3. The largest absolute Gasteiger partial charge is 0.485 e. The van der Waals surface area contributed by atoms with E-state index in [1.807, 2.05) is 7.05 Å². The number of aromatic nitrogens is 2. The molecule has 82 valence electrons. The summed E-state index contributed by atoms with van der Waals surface area (Å²) in [4.78, 5) is 12.0. The van der Waals surface area contributed by atoms with Crippen LogP contribution in [0.3, 0.4) is 0 Å². The van der Waals surface area contributed by atoms with Crippen LogP contribution in [0.4, 0.5) is 4.79 Å². The van der Waals surface area contributed by atoms with Crippen LogP contribution >= 0.6 is 0 Å². The molecule has 6 nitrogen and oxygen atoms in total. The third-order valence-corrected chi connectivity index (χ3v) is 2.40. The fourth-order valence-corrected chi connectivity index (χ4v) is 1.65. The second kappa shape index (κ2) is 3.80. The smallest absolute Gasteiger partial charge is 0.407 e. The van der Waals surface area contributed by atoms with E-state index >= 15 is 0 Å². The number of hydrogen-bond acceptors (Lipinski definition) is 3. The Hall–Kier alpha value is -1.72. The normalized spacial score (nSPS) is 20.6. The first kappa shape index (κ1) is 9.82. The summed E-state index contributed by atoms with van der Waals surface area (Å²) in [5, 5.41) is 12.7. The molecule has 1 aromatic rings. The second-order valence-corrected chi connectivity index (χ2v) is 3.61. The van der Waals surface area contributed by atoms with Gasteiger partial charge in [-0.1, -0.05) is 0 Å². The lowest BCUT2D eigenvalue weighted by molar-refractivity contribution is 0.145. The molecule has 2 rings (SSSR count). The van der Waals surface area contributed by atoms with Crippen LogP contribution in [-0.2, 0) is 7.05 Å². The van der Waals surface area contributed by atoms with E-state index in [1.165, 1.54) is 4.90 Å². The first-order valence-corrected chi connectivity index (χ1v) is 4.78. The van der Waals surface area contributed by atoms with Crippen molar-refractivity contribution >= 4 is 6.09 Å². The van der Waals surface area contributed by atoms with Gasteiger partial charge in [0, 0.05) is 20.0 Å². The van der Waals surface area contributed by atoms with Crippen LogP contribution in [0.2, 0.25) is 0 Å². The molecule has 1 saturated heterocycles. The average Bonchev–Trinajstić information content (AvgIpc) is 2.76. The van der Waals surface area contributed by atoms with Crippen molar-refractivity contribution in [3.8, 4) is 5.75 Å². The number of carbonyl (C=O) groups is 1. The van der Waals surface area contributed by atoms with E-state index in [4.69, 9.17) is 9.84 Å². The molecule has 0 saturated carbocycles. The number of hydrogen-bond donors (Lipinski definition) is 1. The molecule has 0 radical (unpaired) electrons. The number of ether oxygens (including phenoxy) is 1. The van der Waals surface area contributed by atoms with E-state index in [-0.39, 0.29) is 6.10 Å². The minimum atomic E-state index is -0.882. The van der Waals surface area contributed by atoms with Crippen molar-refractivity contribution in [1.82, 2.24) is 14.7 Å². The molecule has 1 fully saturated rings. The van der Waals surface area contributed by atoms with Gasteiger partial charge in [0.15, 0.2) is 5.75 Å². The van der Waals surface area contributed by atoms with Crippen LogP contribution in [0.15, 0.2) is 12.4 Å². The molecule has 1 aromatic heterocycles. The minimum absolute atomic E-state index is 0.0506. The molecule has 1 amide bonds. The summed E-state index contributed by atoms with van der Waals surface area (Å²) in [5.74, 6) is 0.690. The zero-order valence-electron chi connectivity index (χ0n) is 8.46. The van der Waals surface area contributed by atoms with Crippen molar-refractivity contribution in [3.05, 3.63) is 12.4 Å². The number of carboxylic acid groups (broad SMARTS) is 1. The Morgan fingerprint density at radius 1 is 1.73 bits per heavy atom. The van der Waals surface area contributed by atoms with Crippen molar-refractivity contribution in [1.29, 1.82) is 0 Å². The van der Waals surface area contributed by atoms with E-state index in [1.54, 1.807) is 17.1 Å². The molecule has 6 heteroatoms. The summed E-state index contributed by atoms with van der Waals surface area (Å²) >= 11 is 0. The summed E-state index contributed by atoms with van der Waals surface area (Å²) in [6, 6.07) is 0. The first-order chi connectivity index (χ1) is 7.15. The second-order valence-electron chi connectivity index (χ2n) is 3.61. The summed E-state index contributed by atoms with van der Waals surface area (Å²) in [7, 11) is 1.81. The third kappa shape index (κ3) is 2.20. The van der Waals surface area contributed by atoms with Crippen LogP contribution < -0.4 is 4.74 Å². The molecule has 1 N–H and O–H groups in total. The number of amides is 1. The number of likely N-dealkylation sites (tertiary alicyclic amines) is 1. The van der Waals surface area contributed by atoms with Crippen molar-refractivity contribution in [3.63, 3.8) is 0 Å². The van der Waals surface area contributed by atoms with E-state index in [2.05, 4.69) is 5.10 Å². The monoisotopic (exact) mass is 211 g/mol. The van der Waals surface area contributed by atoms with Crippen molar-refractivity contribution in [2.75, 3.05) is 13.1 Å². The molecule has 0 aromatic carbocycles. The zero-order chi connectivity index (χ0) is 10.8. The highest BCUT2D eigenvalue weighted by Gasteiger charge is 2.27. The average molecular weight is 211 g/mol. The molecule has 0 aliphatic carbocycles. The van der Waals surface area contributed by atoms with Gasteiger partial charge in [-0.2, -0.15) is 5.10 Å². The molecule has 0 bridgehead atoms. The topological polar surface area (TPSA) is 67.6 Å². The highest BCUT2D eigenvalue weighted by atomic mass is 16.5. The summed E-state index contributed by atoms with van der Waals surface area (Å²) in [6.45, 7) is 0.977. The van der Waals surface area contributed by atoms with Crippen molar-refractivity contribution < 1.29 is 14.6 Å². The zero-order valence-corrected chi connectivity index (χ0v) is 8.46. The highest BCUT2D eigenvalue weighted by molar-refractivity contribution is 5.65. The minimum Gasteiger partial charge on any atom is -0.485 e. The fourth-order valence-electron chi connectivity index (χ4n) is 1.65. The molecule has 1 aliphatic heterocycles. The lowest BCUT2D eigenvalue weighted by atomic mass is 10.3. The Kier molecular flexibility index (Phi) is 2.49. The van der Waals surface area contributed by atoms with E-state index in [9.17, 15) is 4.79 Å². The van der Waals surface area contributed by atoms with Crippen LogP contribution in [0.25, 0.3) is 0 Å². The van der Waals surface area contributed by atoms with Gasteiger partial charge in [-0.15, -0.1) is 0 Å². The molecular weight excluding hydrogens is 198 g/mol. The van der Waals surface area contributed by atoms with Gasteiger partial charge in [0.25, 0.3) is 0 Å². The maximum Gasteiger partial charge on any atom is 0.407 e. The van der Waals surface area contributed by atoms with Gasteiger partial charge in [-0.05, 0) is 0 Å². The molecule has 15 heavy (non-hydrogen) atoms. The SMILES string of the molecule is Cn1cc(OC2CCN(C(=O)O)C2)cn1. The number of rotatable bonds is 2. The lowest BCUT2D eigenvalue weighted by Crippen LogP contribution is -2.29. The molecule has 1 unspecified atom stereocenters. The molecule has 1 atom stereocenters. The maximum atomic E-state index is 10.7. The van der Waals surface area contributed by atoms with Crippen LogP contribution in [0, 0.1) is 0 Å². The molecule has 2 heterocycles. The number of aryl methyl sites for hydroxylation is 1. The van der Waals surface area contributed by atoms with Gasteiger partial charge >= 0.3 is 6.09 Å². The Bertz CT molecular complexity index is 363. The van der Waals surface area contributed by atoms with Gasteiger partial charge in [-0.25, -0.2) is 4.79 Å². The molecule has 1 aliphatic rings. The Morgan fingerprint density at radius 2 is 2.53 bits per heavy atom. The van der Waals surface area contributed by atoms with Crippen molar-refractivity contribution in [2.24, 2.45) is 7.05 Å². The van der Waals surface area contributed by atoms with Gasteiger partial charge in [-0.3, -0.25) is 4.68 Å². The summed E-state index contributed by atoms with van der Waals surface area (Å²) in [5.41, 5.74) is 0. The Morgan fingerprint density at radius 3 is 3.07 bits per heavy atom. The summed E-state index contributed by atoms with van der Waals surface area (Å²) in [6.07, 6.45) is 3.20. The van der Waals surface area contributed by atoms with Gasteiger partial charge in [0.2, 0.25) is 0 Å². The van der Waals surface area contributed by atoms with Crippen molar-refractivity contribution in [2.45, 2.75) is 12.5 Å². The Balaban J connectivity index is 1.90. The fraction of sp³-hybridized carbons (Fsp3) is 0.556. The van der Waals surface area contributed by atoms with Gasteiger partial charge in [0.1, 0.15) is 6.10 Å². The third-order valence-electron chi connectivity index (χ3n) is 2.40. The Labute approximate surface area is 87.1 Å². The maximum absolute atomic E-state index is 10.7. The predicted octanol–water partition coefficient (Wildman–Crippen LogP) is 0.551. The molecular formula is C9H13N3O3. The van der Waals surface area contributed by atoms with E-state index < -0.39 is 6.09 Å². The van der Waals surface area contributed by atoms with Crippen LogP contribution in [0.5, 0.6) is 5.75 Å².